The smallest absolute Gasteiger partial charge is 0.191 e. The number of aromatic nitrogens is 4. The molecule has 6 heteroatoms. The summed E-state index contributed by atoms with van der Waals surface area (Å²) < 4.78 is 2.05. The van der Waals surface area contributed by atoms with E-state index in [2.05, 4.69) is 31.7 Å². The Balaban J connectivity index is 2.06. The highest BCUT2D eigenvalue weighted by Crippen LogP contribution is 2.22. The van der Waals surface area contributed by atoms with Crippen LogP contribution in [0.15, 0.2) is 23.2 Å². The Labute approximate surface area is 109 Å². The fraction of sp³-hybridized carbons (Fsp3) is 0.364. The second-order valence-electron chi connectivity index (χ2n) is 3.58. The first kappa shape index (κ1) is 12.3. The van der Waals surface area contributed by atoms with E-state index in [1.807, 2.05) is 19.9 Å². The van der Waals surface area contributed by atoms with Crippen LogP contribution in [-0.4, -0.2) is 19.7 Å². The van der Waals surface area contributed by atoms with Crippen molar-refractivity contribution in [2.75, 3.05) is 0 Å². The Morgan fingerprint density at radius 3 is 2.94 bits per heavy atom. The molecule has 0 aliphatic carbocycles. The first-order valence-corrected chi connectivity index (χ1v) is 7.11. The summed E-state index contributed by atoms with van der Waals surface area (Å²) in [5.41, 5.74) is 1.10. The number of hydrogen-bond acceptors (Lipinski definition) is 5. The molecule has 0 spiro atoms. The van der Waals surface area contributed by atoms with Crippen LogP contribution in [0.5, 0.6) is 0 Å². The predicted octanol–water partition coefficient (Wildman–Crippen LogP) is 2.83. The maximum atomic E-state index is 4.43. The van der Waals surface area contributed by atoms with Crippen molar-refractivity contribution in [2.45, 2.75) is 31.3 Å². The minimum atomic E-state index is 0.747. The summed E-state index contributed by atoms with van der Waals surface area (Å²) in [4.78, 5) is 4.43. The molecule has 0 fully saturated rings. The lowest BCUT2D eigenvalue weighted by Gasteiger charge is -2.03. The summed E-state index contributed by atoms with van der Waals surface area (Å²) in [5.74, 6) is 1.75. The lowest BCUT2D eigenvalue weighted by atomic mass is 10.6. The number of rotatable bonds is 5. The van der Waals surface area contributed by atoms with Gasteiger partial charge in [-0.15, -0.1) is 28.1 Å². The third-order valence-corrected chi connectivity index (χ3v) is 4.05. The topological polar surface area (TPSA) is 43.6 Å². The molecule has 0 saturated heterocycles. The van der Waals surface area contributed by atoms with Gasteiger partial charge in [0.1, 0.15) is 5.82 Å². The van der Waals surface area contributed by atoms with Crippen LogP contribution in [0.2, 0.25) is 0 Å². The highest BCUT2D eigenvalue weighted by molar-refractivity contribution is 7.98. The van der Waals surface area contributed by atoms with Gasteiger partial charge in [0.05, 0.1) is 10.7 Å². The molecular weight excluding hydrogens is 252 g/mol. The molecule has 0 saturated carbocycles. The van der Waals surface area contributed by atoms with Crippen molar-refractivity contribution in [1.82, 2.24) is 19.7 Å². The summed E-state index contributed by atoms with van der Waals surface area (Å²) in [7, 11) is 0. The Hall–Kier alpha value is -1.14. The van der Waals surface area contributed by atoms with Crippen molar-refractivity contribution in [3.63, 3.8) is 0 Å². The van der Waals surface area contributed by atoms with Crippen molar-refractivity contribution >= 4 is 23.1 Å². The van der Waals surface area contributed by atoms with Gasteiger partial charge in [-0.3, -0.25) is 0 Å². The van der Waals surface area contributed by atoms with Crippen LogP contribution in [-0.2, 0) is 12.3 Å². The number of allylic oxidation sites excluding steroid dienone is 1. The number of aryl methyl sites for hydroxylation is 2. The molecule has 2 heterocycles. The predicted molar refractivity (Wildman–Crippen MR) is 71.4 cm³/mol. The highest BCUT2D eigenvalue weighted by Gasteiger charge is 2.09. The van der Waals surface area contributed by atoms with E-state index < -0.39 is 0 Å². The first-order chi connectivity index (χ1) is 8.20. The molecule has 17 heavy (non-hydrogen) atoms. The van der Waals surface area contributed by atoms with Crippen LogP contribution in [0.3, 0.4) is 0 Å². The molecule has 0 atom stereocenters. The molecule has 2 rings (SSSR count). The minimum Gasteiger partial charge on any atom is -0.302 e. The summed E-state index contributed by atoms with van der Waals surface area (Å²) in [6, 6.07) is 0. The molecule has 0 radical (unpaired) electrons. The zero-order chi connectivity index (χ0) is 12.3. The first-order valence-electron chi connectivity index (χ1n) is 5.25. The molecule has 0 bridgehead atoms. The van der Waals surface area contributed by atoms with Crippen LogP contribution in [0, 0.1) is 13.8 Å². The quantitative estimate of drug-likeness (QED) is 0.616. The molecule has 2 aromatic rings. The van der Waals surface area contributed by atoms with Gasteiger partial charge in [-0.05, 0) is 13.8 Å². The van der Waals surface area contributed by atoms with Gasteiger partial charge in [0.25, 0.3) is 0 Å². The van der Waals surface area contributed by atoms with E-state index in [-0.39, 0.29) is 0 Å². The Morgan fingerprint density at radius 1 is 1.47 bits per heavy atom. The van der Waals surface area contributed by atoms with Crippen molar-refractivity contribution in [3.05, 3.63) is 34.6 Å². The second-order valence-corrected chi connectivity index (χ2v) is 5.58. The zero-order valence-corrected chi connectivity index (χ0v) is 11.5. The van der Waals surface area contributed by atoms with E-state index in [0.717, 1.165) is 34.0 Å². The SMILES string of the molecule is C=CCn1c(C)nnc1SCc1csc(C)n1. The monoisotopic (exact) mass is 266 g/mol. The second kappa shape index (κ2) is 5.46. The molecule has 90 valence electrons. The molecule has 4 nitrogen and oxygen atoms in total. The van der Waals surface area contributed by atoms with Gasteiger partial charge in [-0.25, -0.2) is 4.98 Å². The fourth-order valence-corrected chi connectivity index (χ4v) is 3.02. The van der Waals surface area contributed by atoms with Gasteiger partial charge in [-0.1, -0.05) is 17.8 Å². The molecule has 0 amide bonds. The highest BCUT2D eigenvalue weighted by atomic mass is 32.2. The summed E-state index contributed by atoms with van der Waals surface area (Å²) >= 11 is 3.34. The number of hydrogen-bond donors (Lipinski definition) is 0. The van der Waals surface area contributed by atoms with Crippen LogP contribution in [0.25, 0.3) is 0 Å². The van der Waals surface area contributed by atoms with Crippen LogP contribution in [0.1, 0.15) is 16.5 Å². The average Bonchev–Trinajstić information content (AvgIpc) is 2.86. The van der Waals surface area contributed by atoms with Crippen molar-refractivity contribution in [3.8, 4) is 0 Å². The van der Waals surface area contributed by atoms with Crippen molar-refractivity contribution in [2.24, 2.45) is 0 Å². The molecule has 0 aromatic carbocycles. The zero-order valence-electron chi connectivity index (χ0n) is 9.88. The molecule has 0 aliphatic rings. The van der Waals surface area contributed by atoms with Crippen LogP contribution < -0.4 is 0 Å². The summed E-state index contributed by atoms with van der Waals surface area (Å²) in [5, 5.41) is 12.4. The Kier molecular flexibility index (Phi) is 3.96. The van der Waals surface area contributed by atoms with Gasteiger partial charge in [0.2, 0.25) is 0 Å². The average molecular weight is 266 g/mol. The number of nitrogens with zero attached hydrogens (tertiary/aromatic N) is 4. The third-order valence-electron chi connectivity index (χ3n) is 2.23. The molecule has 0 N–H and O–H groups in total. The summed E-state index contributed by atoms with van der Waals surface area (Å²) in [6.45, 7) is 8.46. The fourth-order valence-electron chi connectivity index (χ4n) is 1.42. The standard InChI is InChI=1S/C11H14N4S2/c1-4-5-15-8(2)13-14-11(15)17-7-10-6-16-9(3)12-10/h4,6H,1,5,7H2,2-3H3. The maximum absolute atomic E-state index is 4.43. The van der Waals surface area contributed by atoms with Gasteiger partial charge < -0.3 is 4.57 Å². The lowest BCUT2D eigenvalue weighted by Crippen LogP contribution is -2.00. The van der Waals surface area contributed by atoms with Crippen LogP contribution >= 0.6 is 23.1 Å². The van der Waals surface area contributed by atoms with Crippen molar-refractivity contribution in [1.29, 1.82) is 0 Å². The van der Waals surface area contributed by atoms with E-state index in [0.29, 0.717) is 0 Å². The minimum absolute atomic E-state index is 0.747. The molecule has 0 aliphatic heterocycles. The molecule has 2 aromatic heterocycles. The van der Waals surface area contributed by atoms with Gasteiger partial charge >= 0.3 is 0 Å². The molecular formula is C11H14N4S2. The van der Waals surface area contributed by atoms with Crippen LogP contribution in [0.4, 0.5) is 0 Å². The normalized spacial score (nSPS) is 10.7. The maximum Gasteiger partial charge on any atom is 0.191 e. The summed E-state index contributed by atoms with van der Waals surface area (Å²) in [6.07, 6.45) is 1.85. The number of thiazole rings is 1. The lowest BCUT2D eigenvalue weighted by molar-refractivity contribution is 0.703. The Morgan fingerprint density at radius 2 is 2.29 bits per heavy atom. The molecule has 0 unspecified atom stereocenters. The van der Waals surface area contributed by atoms with E-state index in [9.17, 15) is 0 Å². The number of thioether (sulfide) groups is 1. The third kappa shape index (κ3) is 2.95. The van der Waals surface area contributed by atoms with E-state index in [1.54, 1.807) is 23.1 Å². The van der Waals surface area contributed by atoms with Gasteiger partial charge in [0, 0.05) is 17.7 Å². The Bertz CT molecular complexity index is 515. The largest absolute Gasteiger partial charge is 0.302 e. The van der Waals surface area contributed by atoms with E-state index in [4.69, 9.17) is 0 Å². The van der Waals surface area contributed by atoms with Gasteiger partial charge in [0.15, 0.2) is 5.16 Å². The van der Waals surface area contributed by atoms with E-state index in [1.165, 1.54) is 0 Å². The van der Waals surface area contributed by atoms with Gasteiger partial charge in [-0.2, -0.15) is 0 Å². The van der Waals surface area contributed by atoms with E-state index >= 15 is 0 Å². The van der Waals surface area contributed by atoms with Crippen molar-refractivity contribution < 1.29 is 0 Å².